The number of nitrogens with zero attached hydrogens (tertiary/aromatic N) is 3. The van der Waals surface area contributed by atoms with Crippen molar-refractivity contribution in [2.75, 3.05) is 51.3 Å². The number of hydrogen-bond donors (Lipinski definition) is 1. The van der Waals surface area contributed by atoms with Crippen LogP contribution in [0.4, 0.5) is 9.80 Å². The van der Waals surface area contributed by atoms with Gasteiger partial charge in [-0.15, -0.1) is 11.3 Å². The highest BCUT2D eigenvalue weighted by molar-refractivity contribution is 7.89. The third-order valence-corrected chi connectivity index (χ3v) is 12.5. The molecular formula is C32H42N4O7S2. The summed E-state index contributed by atoms with van der Waals surface area (Å²) in [5.74, 6) is -0.619. The molecule has 3 amide bonds. The molecule has 1 aromatic heterocycles. The van der Waals surface area contributed by atoms with Crippen molar-refractivity contribution in [1.29, 1.82) is 0 Å². The third-order valence-electron chi connectivity index (χ3n) is 9.41. The number of ether oxygens (including phenoxy) is 2. The van der Waals surface area contributed by atoms with Crippen molar-refractivity contribution in [1.82, 2.24) is 14.1 Å². The molecule has 0 spiro atoms. The first kappa shape index (κ1) is 32.0. The van der Waals surface area contributed by atoms with Crippen LogP contribution in [0.2, 0.25) is 0 Å². The highest BCUT2D eigenvalue weighted by Gasteiger charge is 2.53. The largest absolute Gasteiger partial charge is 0.450 e. The Morgan fingerprint density at radius 1 is 1.04 bits per heavy atom. The van der Waals surface area contributed by atoms with Crippen molar-refractivity contribution in [2.45, 2.75) is 70.9 Å². The molecule has 1 aromatic carbocycles. The number of carbonyl (C=O) groups is 3. The topological polar surface area (TPSA) is 126 Å². The molecule has 11 nitrogen and oxygen atoms in total. The quantitative estimate of drug-likeness (QED) is 0.482. The molecule has 1 aliphatic carbocycles. The van der Waals surface area contributed by atoms with E-state index in [1.54, 1.807) is 21.0 Å². The SMILES string of the molecule is CCOC(=O)N1CCc2c(sc(NC(=O)c3ccc(S(=O)(=O)N4CC5(C)CC4CC(C)(C)C5)cc3)c2C(=O)N2CCOCC2)C1. The number of rotatable bonds is 6. The van der Waals surface area contributed by atoms with Crippen molar-refractivity contribution in [3.8, 4) is 0 Å². The van der Waals surface area contributed by atoms with E-state index in [0.717, 1.165) is 29.7 Å². The smallest absolute Gasteiger partial charge is 0.410 e. The summed E-state index contributed by atoms with van der Waals surface area (Å²) in [4.78, 5) is 44.0. The van der Waals surface area contributed by atoms with E-state index in [4.69, 9.17) is 9.47 Å². The lowest BCUT2D eigenvalue weighted by molar-refractivity contribution is 0.0303. The lowest BCUT2D eigenvalue weighted by atomic mass is 9.65. The van der Waals surface area contributed by atoms with Crippen LogP contribution in [-0.2, 0) is 32.5 Å². The fourth-order valence-corrected chi connectivity index (χ4v) is 10.8. The molecule has 1 saturated carbocycles. The molecule has 1 N–H and O–H groups in total. The van der Waals surface area contributed by atoms with Crippen LogP contribution < -0.4 is 5.32 Å². The molecule has 2 saturated heterocycles. The van der Waals surface area contributed by atoms with Gasteiger partial charge in [0.1, 0.15) is 5.00 Å². The summed E-state index contributed by atoms with van der Waals surface area (Å²) in [5.41, 5.74) is 1.62. The molecule has 2 aromatic rings. The van der Waals surface area contributed by atoms with Crippen LogP contribution in [0.15, 0.2) is 29.2 Å². The summed E-state index contributed by atoms with van der Waals surface area (Å²) in [6, 6.07) is 6.01. The Morgan fingerprint density at radius 2 is 1.76 bits per heavy atom. The van der Waals surface area contributed by atoms with Crippen molar-refractivity contribution in [3.63, 3.8) is 0 Å². The fourth-order valence-electron chi connectivity index (χ4n) is 7.79. The summed E-state index contributed by atoms with van der Waals surface area (Å²) in [5, 5.41) is 3.36. The first-order chi connectivity index (χ1) is 21.3. The zero-order chi connectivity index (χ0) is 32.1. The maximum absolute atomic E-state index is 13.8. The molecule has 45 heavy (non-hydrogen) atoms. The first-order valence-electron chi connectivity index (χ1n) is 15.7. The summed E-state index contributed by atoms with van der Waals surface area (Å²) >= 11 is 1.29. The lowest BCUT2D eigenvalue weighted by Gasteiger charge is -2.39. The molecule has 13 heteroatoms. The van der Waals surface area contributed by atoms with Crippen LogP contribution >= 0.6 is 11.3 Å². The molecule has 6 rings (SSSR count). The zero-order valence-electron chi connectivity index (χ0n) is 26.4. The van der Waals surface area contributed by atoms with E-state index in [9.17, 15) is 22.8 Å². The molecule has 2 unspecified atom stereocenters. The van der Waals surface area contributed by atoms with Crippen LogP contribution in [0, 0.1) is 10.8 Å². The minimum Gasteiger partial charge on any atom is -0.450 e. The van der Waals surface area contributed by atoms with Gasteiger partial charge in [0.05, 0.1) is 36.8 Å². The number of amides is 3. The van der Waals surface area contributed by atoms with Crippen molar-refractivity contribution >= 4 is 44.3 Å². The number of morpholine rings is 1. The summed E-state index contributed by atoms with van der Waals surface area (Å²) < 4.78 is 39.8. The molecule has 0 radical (unpaired) electrons. The van der Waals surface area contributed by atoms with Crippen LogP contribution in [0.3, 0.4) is 0 Å². The Hall–Kier alpha value is -3.00. The van der Waals surface area contributed by atoms with Crippen LogP contribution in [0.25, 0.3) is 0 Å². The third kappa shape index (κ3) is 6.24. The second kappa shape index (κ2) is 12.0. The zero-order valence-corrected chi connectivity index (χ0v) is 28.0. The van der Waals surface area contributed by atoms with Gasteiger partial charge in [-0.05, 0) is 73.3 Å². The van der Waals surface area contributed by atoms with E-state index in [2.05, 4.69) is 26.1 Å². The van der Waals surface area contributed by atoms with Crippen molar-refractivity contribution < 1.29 is 32.3 Å². The van der Waals surface area contributed by atoms with E-state index in [1.807, 2.05) is 0 Å². The van der Waals surface area contributed by atoms with Gasteiger partial charge in [-0.25, -0.2) is 13.2 Å². The van der Waals surface area contributed by atoms with Gasteiger partial charge in [-0.1, -0.05) is 20.8 Å². The lowest BCUT2D eigenvalue weighted by Crippen LogP contribution is -2.41. The Kier molecular flexibility index (Phi) is 8.51. The molecular weight excluding hydrogens is 617 g/mol. The summed E-state index contributed by atoms with van der Waals surface area (Å²) in [7, 11) is -3.73. The number of sulfonamides is 1. The van der Waals surface area contributed by atoms with E-state index in [1.165, 1.54) is 35.6 Å². The van der Waals surface area contributed by atoms with Crippen LogP contribution in [-0.4, -0.2) is 92.5 Å². The monoisotopic (exact) mass is 658 g/mol. The standard InChI is InChI=1S/C32H42N4O7S2/c1-5-43-30(39)35-11-10-24-25(18-35)44-28(26(24)29(38)34-12-14-42-15-13-34)33-27(37)21-6-8-23(9-7-21)45(40,41)36-20-32(4)17-22(36)16-31(2,3)19-32/h6-9,22H,5,10-20H2,1-4H3,(H,33,37). The average Bonchev–Trinajstić information content (AvgIpc) is 3.49. The normalized spacial score (nSPS) is 24.7. The number of benzene rings is 1. The van der Waals surface area contributed by atoms with Gasteiger partial charge in [0, 0.05) is 42.7 Å². The first-order valence-corrected chi connectivity index (χ1v) is 17.9. The Morgan fingerprint density at radius 3 is 2.44 bits per heavy atom. The second-order valence-corrected chi connectivity index (χ2v) is 16.7. The maximum Gasteiger partial charge on any atom is 0.410 e. The minimum atomic E-state index is -3.73. The van der Waals surface area contributed by atoms with Crippen LogP contribution in [0.5, 0.6) is 0 Å². The summed E-state index contributed by atoms with van der Waals surface area (Å²) in [6.45, 7) is 11.6. The highest BCUT2D eigenvalue weighted by atomic mass is 32.2. The van der Waals surface area contributed by atoms with Gasteiger partial charge in [-0.2, -0.15) is 4.31 Å². The highest BCUT2D eigenvalue weighted by Crippen LogP contribution is 2.53. The number of nitrogens with one attached hydrogen (secondary N) is 1. The molecule has 3 aliphatic heterocycles. The van der Waals surface area contributed by atoms with Gasteiger partial charge in [0.15, 0.2) is 0 Å². The van der Waals surface area contributed by atoms with Gasteiger partial charge in [0.25, 0.3) is 11.8 Å². The Labute approximate surface area is 268 Å². The molecule has 4 aliphatic rings. The maximum atomic E-state index is 13.8. The number of hydrogen-bond acceptors (Lipinski definition) is 8. The summed E-state index contributed by atoms with van der Waals surface area (Å²) in [6.07, 6.45) is 2.74. The molecule has 244 valence electrons. The van der Waals surface area contributed by atoms with Gasteiger partial charge in [-0.3, -0.25) is 9.59 Å². The van der Waals surface area contributed by atoms with Crippen LogP contribution in [0.1, 0.15) is 78.1 Å². The van der Waals surface area contributed by atoms with E-state index in [-0.39, 0.29) is 39.8 Å². The molecule has 3 fully saturated rings. The number of thiophene rings is 1. The Balaban J connectivity index is 1.23. The predicted octanol–water partition coefficient (Wildman–Crippen LogP) is 4.58. The minimum absolute atomic E-state index is 0.0289. The average molecular weight is 659 g/mol. The number of anilines is 1. The Bertz CT molecular complexity index is 1600. The van der Waals surface area contributed by atoms with E-state index in [0.29, 0.717) is 62.9 Å². The van der Waals surface area contributed by atoms with Gasteiger partial charge < -0.3 is 24.6 Å². The van der Waals surface area contributed by atoms with Gasteiger partial charge >= 0.3 is 6.09 Å². The fraction of sp³-hybridized carbons (Fsp3) is 0.594. The molecule has 4 heterocycles. The van der Waals surface area contributed by atoms with E-state index >= 15 is 0 Å². The molecule has 2 atom stereocenters. The predicted molar refractivity (Wildman–Crippen MR) is 170 cm³/mol. The van der Waals surface area contributed by atoms with Crippen molar-refractivity contribution in [2.24, 2.45) is 10.8 Å². The molecule has 2 bridgehead atoms. The second-order valence-electron chi connectivity index (χ2n) is 13.7. The number of carbonyl (C=O) groups excluding carboxylic acids is 3. The van der Waals surface area contributed by atoms with E-state index < -0.39 is 22.0 Å². The van der Waals surface area contributed by atoms with Crippen molar-refractivity contribution in [3.05, 3.63) is 45.8 Å². The number of fused-ring (bicyclic) bond motifs is 3. The van der Waals surface area contributed by atoms with Gasteiger partial charge in [0.2, 0.25) is 10.0 Å².